The minimum atomic E-state index is -3.07. The van der Waals surface area contributed by atoms with Gasteiger partial charge in [0.1, 0.15) is 0 Å². The monoisotopic (exact) mass is 262 g/mol. The molecule has 0 unspecified atom stereocenters. The van der Waals surface area contributed by atoms with E-state index >= 15 is 0 Å². The topological polar surface area (TPSA) is 49.4 Å². The maximum Gasteiger partial charge on any atom is 0.214 e. The summed E-state index contributed by atoms with van der Waals surface area (Å²) in [5.41, 5.74) is -0.190. The lowest BCUT2D eigenvalue weighted by atomic mass is 10.0. The zero-order chi connectivity index (χ0) is 13.1. The van der Waals surface area contributed by atoms with E-state index in [1.807, 2.05) is 13.8 Å². The number of hydrogen-bond acceptors (Lipinski definition) is 3. The summed E-state index contributed by atoms with van der Waals surface area (Å²) in [5.74, 6) is 0.260. The Kier molecular flexibility index (Phi) is 4.98. The first-order valence-electron chi connectivity index (χ1n) is 6.49. The summed E-state index contributed by atoms with van der Waals surface area (Å²) in [6.45, 7) is 9.63. The van der Waals surface area contributed by atoms with E-state index in [4.69, 9.17) is 0 Å². The minimum absolute atomic E-state index is 0.190. The zero-order valence-electron chi connectivity index (χ0n) is 11.5. The molecule has 1 saturated heterocycles. The van der Waals surface area contributed by atoms with Crippen LogP contribution in [0.1, 0.15) is 47.0 Å². The maximum atomic E-state index is 12.2. The van der Waals surface area contributed by atoms with E-state index in [1.165, 1.54) is 0 Å². The summed E-state index contributed by atoms with van der Waals surface area (Å²) < 4.78 is 26.1. The SMILES string of the molecule is CC(C)NCCCS(=O)(=O)N1CCCC1(C)C. The third kappa shape index (κ3) is 4.23. The molecule has 0 amide bonds. The van der Waals surface area contributed by atoms with Crippen LogP contribution in [0.4, 0.5) is 0 Å². The van der Waals surface area contributed by atoms with Crippen LogP contribution in [0.3, 0.4) is 0 Å². The van der Waals surface area contributed by atoms with Crippen molar-refractivity contribution in [2.75, 3.05) is 18.8 Å². The van der Waals surface area contributed by atoms with E-state index in [0.717, 1.165) is 19.4 Å². The molecule has 1 rings (SSSR count). The van der Waals surface area contributed by atoms with Gasteiger partial charge < -0.3 is 5.32 Å². The van der Waals surface area contributed by atoms with Crippen LogP contribution >= 0.6 is 0 Å². The Hall–Kier alpha value is -0.130. The van der Waals surface area contributed by atoms with Crippen molar-refractivity contribution < 1.29 is 8.42 Å². The van der Waals surface area contributed by atoms with E-state index in [2.05, 4.69) is 19.2 Å². The highest BCUT2D eigenvalue weighted by atomic mass is 32.2. The van der Waals surface area contributed by atoms with Gasteiger partial charge in [0.15, 0.2) is 0 Å². The number of nitrogens with one attached hydrogen (secondary N) is 1. The van der Waals surface area contributed by atoms with Gasteiger partial charge in [-0.15, -0.1) is 0 Å². The van der Waals surface area contributed by atoms with Gasteiger partial charge in [0.25, 0.3) is 0 Å². The van der Waals surface area contributed by atoms with Gasteiger partial charge in [0, 0.05) is 18.1 Å². The second-order valence-electron chi connectivity index (χ2n) is 5.77. The Morgan fingerprint density at radius 3 is 2.47 bits per heavy atom. The van der Waals surface area contributed by atoms with Crippen molar-refractivity contribution in [3.63, 3.8) is 0 Å². The summed E-state index contributed by atoms with van der Waals surface area (Å²) >= 11 is 0. The highest BCUT2D eigenvalue weighted by Crippen LogP contribution is 2.31. The van der Waals surface area contributed by atoms with Crippen LogP contribution in [0.25, 0.3) is 0 Å². The van der Waals surface area contributed by atoms with Crippen molar-refractivity contribution in [1.82, 2.24) is 9.62 Å². The molecule has 0 radical (unpaired) electrons. The highest BCUT2D eigenvalue weighted by molar-refractivity contribution is 7.89. The predicted octanol–water partition coefficient (Wildman–Crippen LogP) is 1.58. The van der Waals surface area contributed by atoms with Crippen molar-refractivity contribution in [3.05, 3.63) is 0 Å². The Morgan fingerprint density at radius 2 is 2.00 bits per heavy atom. The van der Waals surface area contributed by atoms with Gasteiger partial charge >= 0.3 is 0 Å². The lowest BCUT2D eigenvalue weighted by molar-refractivity contribution is 0.291. The van der Waals surface area contributed by atoms with E-state index in [9.17, 15) is 8.42 Å². The van der Waals surface area contributed by atoms with Crippen molar-refractivity contribution in [2.45, 2.75) is 58.5 Å². The summed E-state index contributed by atoms with van der Waals surface area (Å²) in [7, 11) is -3.07. The van der Waals surface area contributed by atoms with Crippen LogP contribution in [-0.4, -0.2) is 43.1 Å². The molecule has 17 heavy (non-hydrogen) atoms. The summed E-state index contributed by atoms with van der Waals surface area (Å²) in [6, 6.07) is 0.418. The lowest BCUT2D eigenvalue weighted by Gasteiger charge is -2.30. The number of hydrogen-bond donors (Lipinski definition) is 1. The van der Waals surface area contributed by atoms with Gasteiger partial charge in [-0.25, -0.2) is 8.42 Å². The fourth-order valence-corrected chi connectivity index (χ4v) is 4.33. The molecular formula is C12H26N2O2S. The maximum absolute atomic E-state index is 12.2. The van der Waals surface area contributed by atoms with Crippen LogP contribution in [-0.2, 0) is 10.0 Å². The summed E-state index contributed by atoms with van der Waals surface area (Å²) in [5, 5.41) is 3.25. The molecule has 4 nitrogen and oxygen atoms in total. The van der Waals surface area contributed by atoms with Crippen LogP contribution in [0.2, 0.25) is 0 Å². The van der Waals surface area contributed by atoms with E-state index in [-0.39, 0.29) is 11.3 Å². The van der Waals surface area contributed by atoms with Gasteiger partial charge in [-0.2, -0.15) is 4.31 Å². The van der Waals surface area contributed by atoms with Crippen molar-refractivity contribution in [3.8, 4) is 0 Å². The molecule has 1 aliphatic rings. The molecule has 1 aliphatic heterocycles. The molecule has 1 heterocycles. The Morgan fingerprint density at radius 1 is 1.35 bits per heavy atom. The molecule has 0 aromatic heterocycles. The van der Waals surface area contributed by atoms with Gasteiger partial charge in [0.05, 0.1) is 5.75 Å². The van der Waals surface area contributed by atoms with Crippen molar-refractivity contribution in [1.29, 1.82) is 0 Å². The molecule has 1 fully saturated rings. The average Bonchev–Trinajstić information content (AvgIpc) is 2.53. The normalized spacial score (nSPS) is 21.2. The molecule has 0 spiro atoms. The number of nitrogens with zero attached hydrogens (tertiary/aromatic N) is 1. The van der Waals surface area contributed by atoms with Crippen LogP contribution in [0.5, 0.6) is 0 Å². The Balaban J connectivity index is 2.46. The molecule has 0 saturated carbocycles. The molecular weight excluding hydrogens is 236 g/mol. The third-order valence-corrected chi connectivity index (χ3v) is 5.45. The molecule has 1 N–H and O–H groups in total. The first-order valence-corrected chi connectivity index (χ1v) is 8.10. The van der Waals surface area contributed by atoms with Gasteiger partial charge in [0.2, 0.25) is 10.0 Å². The van der Waals surface area contributed by atoms with Gasteiger partial charge in [-0.1, -0.05) is 13.8 Å². The van der Waals surface area contributed by atoms with Gasteiger partial charge in [-0.05, 0) is 39.7 Å². The summed E-state index contributed by atoms with van der Waals surface area (Å²) in [6.07, 6.45) is 2.64. The second-order valence-corrected chi connectivity index (χ2v) is 7.78. The van der Waals surface area contributed by atoms with E-state index in [1.54, 1.807) is 4.31 Å². The Bertz CT molecular complexity index is 336. The molecule has 0 bridgehead atoms. The van der Waals surface area contributed by atoms with Crippen LogP contribution in [0.15, 0.2) is 0 Å². The van der Waals surface area contributed by atoms with Crippen molar-refractivity contribution >= 4 is 10.0 Å². The first-order chi connectivity index (χ1) is 7.76. The van der Waals surface area contributed by atoms with E-state index in [0.29, 0.717) is 19.0 Å². The molecule has 102 valence electrons. The molecule has 5 heteroatoms. The minimum Gasteiger partial charge on any atom is -0.314 e. The first kappa shape index (κ1) is 14.9. The molecule has 0 aliphatic carbocycles. The molecule has 0 aromatic rings. The third-order valence-electron chi connectivity index (χ3n) is 3.29. The summed E-state index contributed by atoms with van der Waals surface area (Å²) in [4.78, 5) is 0. The van der Waals surface area contributed by atoms with Crippen molar-refractivity contribution in [2.24, 2.45) is 0 Å². The fraction of sp³-hybridized carbons (Fsp3) is 1.00. The quantitative estimate of drug-likeness (QED) is 0.739. The number of sulfonamides is 1. The van der Waals surface area contributed by atoms with E-state index < -0.39 is 10.0 Å². The fourth-order valence-electron chi connectivity index (χ4n) is 2.35. The standard InChI is InChI=1S/C12H26N2O2S/c1-11(2)13-8-6-10-17(15,16)14-9-5-7-12(14,3)4/h11,13H,5-10H2,1-4H3. The van der Waals surface area contributed by atoms with Crippen LogP contribution < -0.4 is 5.32 Å². The average molecular weight is 262 g/mol. The second kappa shape index (κ2) is 5.67. The zero-order valence-corrected chi connectivity index (χ0v) is 12.3. The molecule has 0 aromatic carbocycles. The largest absolute Gasteiger partial charge is 0.314 e. The predicted molar refractivity (Wildman–Crippen MR) is 71.6 cm³/mol. The van der Waals surface area contributed by atoms with Gasteiger partial charge in [-0.3, -0.25) is 0 Å². The number of rotatable bonds is 6. The highest BCUT2D eigenvalue weighted by Gasteiger charge is 2.39. The lowest BCUT2D eigenvalue weighted by Crippen LogP contribution is -2.44. The van der Waals surface area contributed by atoms with Crippen LogP contribution in [0, 0.1) is 0 Å². The smallest absolute Gasteiger partial charge is 0.214 e. The Labute approximate surface area is 106 Å². The molecule has 0 atom stereocenters.